The molecule has 0 saturated carbocycles. The molecule has 7 heteroatoms. The zero-order valence-electron chi connectivity index (χ0n) is 12.7. The van der Waals surface area contributed by atoms with E-state index in [1.807, 2.05) is 6.92 Å². The molecule has 1 aromatic carbocycles. The molecular weight excluding hydrogens is 302 g/mol. The monoisotopic (exact) mass is 321 g/mol. The van der Waals surface area contributed by atoms with Crippen molar-refractivity contribution in [2.24, 2.45) is 0 Å². The molecule has 2 aromatic rings. The first-order valence-electron chi connectivity index (χ1n) is 6.88. The first kappa shape index (κ1) is 16.2. The maximum atomic E-state index is 12.2. The molecule has 6 nitrogen and oxygen atoms in total. The molecule has 0 fully saturated rings. The van der Waals surface area contributed by atoms with E-state index in [4.69, 9.17) is 0 Å². The summed E-state index contributed by atoms with van der Waals surface area (Å²) in [6.07, 6.45) is 4.52. The molecule has 1 aromatic heterocycles. The van der Waals surface area contributed by atoms with E-state index in [2.05, 4.69) is 10.4 Å². The van der Waals surface area contributed by atoms with Crippen molar-refractivity contribution >= 4 is 15.7 Å². The van der Waals surface area contributed by atoms with E-state index in [-0.39, 0.29) is 16.8 Å². The van der Waals surface area contributed by atoms with Crippen LogP contribution in [0.2, 0.25) is 0 Å². The van der Waals surface area contributed by atoms with Gasteiger partial charge in [-0.25, -0.2) is 8.42 Å². The summed E-state index contributed by atoms with van der Waals surface area (Å²) in [6, 6.07) is 7.64. The number of aromatic nitrogens is 2. The van der Waals surface area contributed by atoms with Gasteiger partial charge in [0.25, 0.3) is 0 Å². The van der Waals surface area contributed by atoms with Crippen LogP contribution in [-0.4, -0.2) is 30.4 Å². The number of benzene rings is 1. The van der Waals surface area contributed by atoms with Crippen molar-refractivity contribution in [2.75, 3.05) is 6.26 Å². The van der Waals surface area contributed by atoms with Crippen LogP contribution in [0.5, 0.6) is 0 Å². The zero-order valence-corrected chi connectivity index (χ0v) is 13.5. The van der Waals surface area contributed by atoms with Crippen molar-refractivity contribution in [1.82, 2.24) is 15.1 Å². The van der Waals surface area contributed by atoms with Gasteiger partial charge in [0.1, 0.15) is 6.04 Å². The van der Waals surface area contributed by atoms with Crippen molar-refractivity contribution in [1.29, 1.82) is 0 Å². The first-order valence-corrected chi connectivity index (χ1v) is 8.77. The van der Waals surface area contributed by atoms with Crippen molar-refractivity contribution in [3.05, 3.63) is 48.3 Å². The Balaban J connectivity index is 2.06. The minimum Gasteiger partial charge on any atom is -0.348 e. The fraction of sp³-hybridized carbons (Fsp3) is 0.333. The Kier molecular flexibility index (Phi) is 4.65. The van der Waals surface area contributed by atoms with Crippen molar-refractivity contribution < 1.29 is 13.2 Å². The second-order valence-corrected chi connectivity index (χ2v) is 7.25. The summed E-state index contributed by atoms with van der Waals surface area (Å²) in [4.78, 5) is 12.4. The van der Waals surface area contributed by atoms with Gasteiger partial charge in [0.15, 0.2) is 9.84 Å². The smallest absolute Gasteiger partial charge is 0.245 e. The maximum Gasteiger partial charge on any atom is 0.245 e. The highest BCUT2D eigenvalue weighted by atomic mass is 32.2. The maximum absolute atomic E-state index is 12.2. The van der Waals surface area contributed by atoms with Gasteiger partial charge in [0.2, 0.25) is 5.91 Å². The largest absolute Gasteiger partial charge is 0.348 e. The lowest BCUT2D eigenvalue weighted by molar-refractivity contribution is -0.124. The van der Waals surface area contributed by atoms with Crippen LogP contribution in [0.1, 0.15) is 31.5 Å². The van der Waals surface area contributed by atoms with Crippen LogP contribution in [0.3, 0.4) is 0 Å². The minimum absolute atomic E-state index is 0.150. The Hall–Kier alpha value is -2.15. The fourth-order valence-corrected chi connectivity index (χ4v) is 2.68. The van der Waals surface area contributed by atoms with Gasteiger partial charge < -0.3 is 5.32 Å². The van der Waals surface area contributed by atoms with Crippen LogP contribution < -0.4 is 5.32 Å². The summed E-state index contributed by atoms with van der Waals surface area (Å²) >= 11 is 0. The van der Waals surface area contributed by atoms with Gasteiger partial charge >= 0.3 is 0 Å². The van der Waals surface area contributed by atoms with Gasteiger partial charge in [-0.05, 0) is 37.6 Å². The lowest BCUT2D eigenvalue weighted by Gasteiger charge is -2.18. The molecule has 1 N–H and O–H groups in total. The number of carbonyl (C=O) groups is 1. The second kappa shape index (κ2) is 6.31. The first-order chi connectivity index (χ1) is 10.3. The third kappa shape index (κ3) is 3.73. The highest BCUT2D eigenvalue weighted by Gasteiger charge is 2.18. The quantitative estimate of drug-likeness (QED) is 0.909. The van der Waals surface area contributed by atoms with Gasteiger partial charge in [-0.15, -0.1) is 0 Å². The number of sulfone groups is 1. The highest BCUT2D eigenvalue weighted by molar-refractivity contribution is 7.90. The molecular formula is C15H19N3O3S. The molecule has 0 aliphatic rings. The number of nitrogens with zero attached hydrogens (tertiary/aromatic N) is 2. The summed E-state index contributed by atoms with van der Waals surface area (Å²) in [6.45, 7) is 3.62. The van der Waals surface area contributed by atoms with Crippen LogP contribution in [0.4, 0.5) is 0 Å². The van der Waals surface area contributed by atoms with Crippen LogP contribution in [0, 0.1) is 0 Å². The van der Waals surface area contributed by atoms with Crippen LogP contribution in [0.15, 0.2) is 47.6 Å². The average molecular weight is 321 g/mol. The summed E-state index contributed by atoms with van der Waals surface area (Å²) in [5.41, 5.74) is 0.841. The van der Waals surface area contributed by atoms with Gasteiger partial charge in [-0.2, -0.15) is 5.10 Å². The predicted octanol–water partition coefficient (Wildman–Crippen LogP) is 1.73. The van der Waals surface area contributed by atoms with E-state index in [9.17, 15) is 13.2 Å². The van der Waals surface area contributed by atoms with E-state index in [0.29, 0.717) is 0 Å². The second-order valence-electron chi connectivity index (χ2n) is 5.23. The third-order valence-corrected chi connectivity index (χ3v) is 4.60. The van der Waals surface area contributed by atoms with E-state index in [0.717, 1.165) is 5.56 Å². The number of hydrogen-bond donors (Lipinski definition) is 1. The Bertz CT molecular complexity index is 737. The Morgan fingerprint density at radius 1 is 1.23 bits per heavy atom. The highest BCUT2D eigenvalue weighted by Crippen LogP contribution is 2.17. The zero-order chi connectivity index (χ0) is 16.3. The molecule has 1 amide bonds. The molecule has 2 unspecified atom stereocenters. The van der Waals surface area contributed by atoms with Gasteiger partial charge in [0.05, 0.1) is 10.9 Å². The van der Waals surface area contributed by atoms with Crippen molar-refractivity contribution in [3.8, 4) is 0 Å². The average Bonchev–Trinajstić information content (AvgIpc) is 2.99. The van der Waals surface area contributed by atoms with Crippen LogP contribution >= 0.6 is 0 Å². The molecule has 0 spiro atoms. The molecule has 1 heterocycles. The van der Waals surface area contributed by atoms with Crippen LogP contribution in [0.25, 0.3) is 0 Å². The lowest BCUT2D eigenvalue weighted by atomic mass is 10.1. The molecule has 0 aliphatic heterocycles. The number of rotatable bonds is 5. The Labute approximate surface area is 130 Å². The summed E-state index contributed by atoms with van der Waals surface area (Å²) in [5.74, 6) is -0.150. The minimum atomic E-state index is -3.21. The number of nitrogens with one attached hydrogen (secondary N) is 1. The summed E-state index contributed by atoms with van der Waals surface area (Å²) in [5, 5.41) is 6.94. The predicted molar refractivity (Wildman–Crippen MR) is 83.0 cm³/mol. The number of hydrogen-bond acceptors (Lipinski definition) is 4. The van der Waals surface area contributed by atoms with E-state index in [1.54, 1.807) is 54.3 Å². The SMILES string of the molecule is CC(NC(=O)C(C)n1cccn1)c1ccc(S(C)(=O)=O)cc1. The molecule has 2 atom stereocenters. The Morgan fingerprint density at radius 2 is 1.86 bits per heavy atom. The Morgan fingerprint density at radius 3 is 2.36 bits per heavy atom. The molecule has 0 bridgehead atoms. The van der Waals surface area contributed by atoms with Crippen LogP contribution in [-0.2, 0) is 14.6 Å². The molecule has 118 valence electrons. The third-order valence-electron chi connectivity index (χ3n) is 3.47. The normalized spacial score (nSPS) is 14.3. The lowest BCUT2D eigenvalue weighted by Crippen LogP contribution is -2.33. The number of amides is 1. The van der Waals surface area contributed by atoms with E-state index in [1.165, 1.54) is 6.26 Å². The van der Waals surface area contributed by atoms with Gasteiger partial charge in [0, 0.05) is 18.6 Å². The molecule has 0 radical (unpaired) electrons. The number of carbonyl (C=O) groups excluding carboxylic acids is 1. The van der Waals surface area contributed by atoms with Gasteiger partial charge in [-0.3, -0.25) is 9.48 Å². The summed E-state index contributed by atoms with van der Waals surface area (Å²) < 4.78 is 24.4. The topological polar surface area (TPSA) is 81.1 Å². The van der Waals surface area contributed by atoms with E-state index < -0.39 is 15.9 Å². The molecule has 2 rings (SSSR count). The fourth-order valence-electron chi connectivity index (χ4n) is 2.05. The van der Waals surface area contributed by atoms with Crippen molar-refractivity contribution in [3.63, 3.8) is 0 Å². The molecule has 0 aliphatic carbocycles. The molecule has 22 heavy (non-hydrogen) atoms. The standard InChI is InChI=1S/C15H19N3O3S/c1-11(13-5-7-14(8-6-13)22(3,20)21)17-15(19)12(2)18-10-4-9-16-18/h4-12H,1-3H3,(H,17,19). The van der Waals surface area contributed by atoms with E-state index >= 15 is 0 Å². The molecule has 0 saturated heterocycles. The van der Waals surface area contributed by atoms with Crippen molar-refractivity contribution in [2.45, 2.75) is 30.8 Å². The van der Waals surface area contributed by atoms with Gasteiger partial charge in [-0.1, -0.05) is 12.1 Å². The summed E-state index contributed by atoms with van der Waals surface area (Å²) in [7, 11) is -3.21.